The van der Waals surface area contributed by atoms with Gasteiger partial charge in [-0.05, 0) is 129 Å². The van der Waals surface area contributed by atoms with Crippen molar-refractivity contribution in [3.63, 3.8) is 0 Å². The number of rotatable bonds is 9. The third-order valence-electron chi connectivity index (χ3n) is 13.9. The minimum absolute atomic E-state index is 0.546. The minimum atomic E-state index is -0.546. The van der Waals surface area contributed by atoms with Crippen LogP contribution in [0.5, 0.6) is 11.5 Å². The van der Waals surface area contributed by atoms with Crippen molar-refractivity contribution < 1.29 is 4.74 Å². The molecule has 13 rings (SSSR count). The lowest BCUT2D eigenvalue weighted by Gasteiger charge is -2.35. The predicted molar refractivity (Wildman–Crippen MR) is 282 cm³/mol. The lowest BCUT2D eigenvalue weighted by atomic mass is 9.67. The van der Waals surface area contributed by atoms with E-state index >= 15 is 0 Å². The van der Waals surface area contributed by atoms with Crippen molar-refractivity contribution >= 4 is 44.9 Å². The van der Waals surface area contributed by atoms with Gasteiger partial charge >= 0.3 is 0 Å². The highest BCUT2D eigenvalue weighted by Crippen LogP contribution is 2.58. The molecule has 1 heterocycles. The number of para-hydroxylation sites is 2. The Kier molecular flexibility index (Phi) is 9.40. The third kappa shape index (κ3) is 6.28. The van der Waals surface area contributed by atoms with E-state index in [1.807, 2.05) is 0 Å². The quantitative estimate of drug-likeness (QED) is 0.144. The van der Waals surface area contributed by atoms with Crippen LogP contribution in [0.25, 0.3) is 44.2 Å². The Bertz CT molecular complexity index is 3550. The first-order chi connectivity index (χ1) is 33.7. The van der Waals surface area contributed by atoms with Crippen LogP contribution in [-0.2, 0) is 5.41 Å². The predicted octanol–water partition coefficient (Wildman–Crippen LogP) is 17.6. The van der Waals surface area contributed by atoms with E-state index in [2.05, 4.69) is 277 Å². The molecular formula is C65H44N2O. The highest BCUT2D eigenvalue weighted by Gasteiger charge is 2.46. The molecule has 3 nitrogen and oxygen atoms in total. The lowest BCUT2D eigenvalue weighted by molar-refractivity contribution is 0.487. The summed E-state index contributed by atoms with van der Waals surface area (Å²) in [4.78, 5) is 4.75. The van der Waals surface area contributed by atoms with Gasteiger partial charge in [0.25, 0.3) is 0 Å². The number of fused-ring (bicyclic) bond motifs is 5. The molecule has 0 saturated heterocycles. The smallest absolute Gasteiger partial charge is 0.136 e. The molecule has 0 unspecified atom stereocenters. The maximum Gasteiger partial charge on any atom is 0.136 e. The van der Waals surface area contributed by atoms with Gasteiger partial charge in [-0.3, -0.25) is 0 Å². The summed E-state index contributed by atoms with van der Waals surface area (Å²) in [6.07, 6.45) is 0. The van der Waals surface area contributed by atoms with Gasteiger partial charge in [-0.15, -0.1) is 0 Å². The first kappa shape index (κ1) is 39.4. The first-order valence-corrected chi connectivity index (χ1v) is 23.3. The topological polar surface area (TPSA) is 15.7 Å². The molecule has 1 aliphatic carbocycles. The Morgan fingerprint density at radius 3 is 1.47 bits per heavy atom. The van der Waals surface area contributed by atoms with E-state index in [0.29, 0.717) is 0 Å². The summed E-state index contributed by atoms with van der Waals surface area (Å²) in [5.41, 5.74) is 18.0. The molecular weight excluding hydrogens is 825 g/mol. The van der Waals surface area contributed by atoms with Crippen LogP contribution in [0.4, 0.5) is 34.1 Å². The van der Waals surface area contributed by atoms with Gasteiger partial charge in [-0.25, -0.2) is 0 Å². The summed E-state index contributed by atoms with van der Waals surface area (Å²) in [7, 11) is 0. The molecule has 0 spiro atoms. The van der Waals surface area contributed by atoms with E-state index in [0.717, 1.165) is 67.5 Å². The second-order valence-electron chi connectivity index (χ2n) is 17.6. The van der Waals surface area contributed by atoms with Gasteiger partial charge in [0.15, 0.2) is 0 Å². The Hall–Kier alpha value is -8.92. The number of anilines is 6. The molecule has 0 N–H and O–H groups in total. The van der Waals surface area contributed by atoms with E-state index in [9.17, 15) is 0 Å². The fraction of sp³-hybridized carbons (Fsp3) is 0.0154. The van der Waals surface area contributed by atoms with Crippen molar-refractivity contribution in [3.05, 3.63) is 289 Å². The molecule has 1 aliphatic heterocycles. The van der Waals surface area contributed by atoms with Crippen molar-refractivity contribution in [1.29, 1.82) is 0 Å². The van der Waals surface area contributed by atoms with Gasteiger partial charge in [0.1, 0.15) is 11.5 Å². The van der Waals surface area contributed by atoms with Crippen LogP contribution in [0.3, 0.4) is 0 Å². The fourth-order valence-electron chi connectivity index (χ4n) is 11.0. The van der Waals surface area contributed by atoms with Crippen LogP contribution in [0, 0.1) is 0 Å². The summed E-state index contributed by atoms with van der Waals surface area (Å²) >= 11 is 0. The second-order valence-corrected chi connectivity index (χ2v) is 17.6. The van der Waals surface area contributed by atoms with Crippen LogP contribution in [0.1, 0.15) is 22.3 Å². The summed E-state index contributed by atoms with van der Waals surface area (Å²) in [5.74, 6) is 1.69. The van der Waals surface area contributed by atoms with E-state index in [-0.39, 0.29) is 0 Å². The van der Waals surface area contributed by atoms with E-state index in [1.54, 1.807) is 0 Å². The summed E-state index contributed by atoms with van der Waals surface area (Å²) in [6.45, 7) is 0. The van der Waals surface area contributed by atoms with Crippen LogP contribution in [-0.4, -0.2) is 0 Å². The maximum atomic E-state index is 6.89. The second kappa shape index (κ2) is 16.2. The SMILES string of the molecule is c1ccc(-c2ccc(N(c3ccc4c(c3)C(c3ccccc3)(c3ccccc3)c3ccccc3-4)c3ccc4c5c(cccc35)-c3cc(N(c5ccccc5)c5ccccc5)ccc3O4)cc2)cc1. The van der Waals surface area contributed by atoms with Gasteiger partial charge in [-0.2, -0.15) is 0 Å². The number of hydrogen-bond donors (Lipinski definition) is 0. The molecule has 0 radical (unpaired) electrons. The monoisotopic (exact) mass is 868 g/mol. The fourth-order valence-corrected chi connectivity index (χ4v) is 11.0. The number of nitrogens with zero attached hydrogens (tertiary/aromatic N) is 2. The number of ether oxygens (including phenoxy) is 1. The molecule has 11 aromatic carbocycles. The summed E-state index contributed by atoms with van der Waals surface area (Å²) in [5, 5.41) is 2.19. The molecule has 0 bridgehead atoms. The van der Waals surface area contributed by atoms with Crippen LogP contribution >= 0.6 is 0 Å². The highest BCUT2D eigenvalue weighted by atomic mass is 16.5. The molecule has 68 heavy (non-hydrogen) atoms. The zero-order valence-corrected chi connectivity index (χ0v) is 37.2. The van der Waals surface area contributed by atoms with E-state index in [1.165, 1.54) is 44.5 Å². The first-order valence-electron chi connectivity index (χ1n) is 23.3. The van der Waals surface area contributed by atoms with Crippen molar-refractivity contribution in [2.75, 3.05) is 9.80 Å². The molecule has 3 heteroatoms. The lowest BCUT2D eigenvalue weighted by Crippen LogP contribution is -2.28. The van der Waals surface area contributed by atoms with Crippen molar-refractivity contribution in [2.24, 2.45) is 0 Å². The molecule has 320 valence electrons. The van der Waals surface area contributed by atoms with Gasteiger partial charge in [0, 0.05) is 44.8 Å². The molecule has 0 atom stereocenters. The van der Waals surface area contributed by atoms with Gasteiger partial charge in [0.2, 0.25) is 0 Å². The van der Waals surface area contributed by atoms with Crippen molar-refractivity contribution in [1.82, 2.24) is 0 Å². The molecule has 0 fully saturated rings. The van der Waals surface area contributed by atoms with Gasteiger partial charge in [-0.1, -0.05) is 188 Å². The Balaban J connectivity index is 1.02. The average molecular weight is 869 g/mol. The molecule has 0 saturated carbocycles. The maximum absolute atomic E-state index is 6.89. The molecule has 0 amide bonds. The number of benzene rings is 11. The summed E-state index contributed by atoms with van der Waals surface area (Å²) < 4.78 is 6.89. The van der Waals surface area contributed by atoms with Crippen LogP contribution in [0.15, 0.2) is 267 Å². The normalized spacial score (nSPS) is 12.6. The van der Waals surface area contributed by atoms with Crippen molar-refractivity contribution in [3.8, 4) is 44.9 Å². The Morgan fingerprint density at radius 1 is 0.294 bits per heavy atom. The van der Waals surface area contributed by atoms with Crippen LogP contribution in [0.2, 0.25) is 0 Å². The Morgan fingerprint density at radius 2 is 0.794 bits per heavy atom. The summed E-state index contributed by atoms with van der Waals surface area (Å²) in [6, 6.07) is 96.6. The standard InChI is InChI=1S/C65H44N2O/c1-6-19-45(20-7-1)46-33-35-51(36-34-46)67(53-37-39-55-54-29-16-17-32-59(54)65(60(55)44-53,47-21-8-2-9-22-47)48-23-10-3-11-24-48)61-40-42-63-64-56(30-18-31-57(61)64)58-43-52(38-41-62(58)68-63)66(49-25-12-4-13-26-49)50-27-14-5-15-28-50/h1-44H. The molecule has 2 aliphatic rings. The largest absolute Gasteiger partial charge is 0.456 e. The van der Waals surface area contributed by atoms with Crippen molar-refractivity contribution in [2.45, 2.75) is 5.41 Å². The van der Waals surface area contributed by atoms with E-state index < -0.39 is 5.41 Å². The van der Waals surface area contributed by atoms with Gasteiger partial charge < -0.3 is 14.5 Å². The van der Waals surface area contributed by atoms with E-state index in [4.69, 9.17) is 4.74 Å². The van der Waals surface area contributed by atoms with Crippen LogP contribution < -0.4 is 14.5 Å². The highest BCUT2D eigenvalue weighted by molar-refractivity contribution is 6.11. The third-order valence-corrected chi connectivity index (χ3v) is 13.9. The number of hydrogen-bond acceptors (Lipinski definition) is 3. The molecule has 0 aromatic heterocycles. The molecule has 11 aromatic rings. The minimum Gasteiger partial charge on any atom is -0.456 e. The zero-order valence-electron chi connectivity index (χ0n) is 37.2. The van der Waals surface area contributed by atoms with Gasteiger partial charge in [0.05, 0.1) is 11.1 Å². The zero-order chi connectivity index (χ0) is 45.0. The average Bonchev–Trinajstić information content (AvgIpc) is 3.71. The Labute approximate surface area is 397 Å².